The fourth-order valence-electron chi connectivity index (χ4n) is 2.80. The molecular weight excluding hydrogens is 286 g/mol. The SMILES string of the molecule is CC1CNCC(C)N1Cc1ncc(-c2cccc(Cl)c2)o1. The van der Waals surface area contributed by atoms with Crippen LogP contribution in [0.4, 0.5) is 0 Å². The summed E-state index contributed by atoms with van der Waals surface area (Å²) in [6.45, 7) is 7.20. The van der Waals surface area contributed by atoms with E-state index < -0.39 is 0 Å². The molecule has 1 aliphatic heterocycles. The highest BCUT2D eigenvalue weighted by molar-refractivity contribution is 6.30. The van der Waals surface area contributed by atoms with Crippen LogP contribution in [0.1, 0.15) is 19.7 Å². The molecule has 1 N–H and O–H groups in total. The monoisotopic (exact) mass is 305 g/mol. The van der Waals surface area contributed by atoms with Crippen LogP contribution in [0.25, 0.3) is 11.3 Å². The molecule has 3 rings (SSSR count). The third-order valence-electron chi connectivity index (χ3n) is 3.99. The van der Waals surface area contributed by atoms with Crippen LogP contribution in [-0.2, 0) is 6.54 Å². The highest BCUT2D eigenvalue weighted by Crippen LogP contribution is 2.24. The summed E-state index contributed by atoms with van der Waals surface area (Å²) in [6.07, 6.45) is 1.78. The van der Waals surface area contributed by atoms with E-state index in [0.29, 0.717) is 17.1 Å². The third kappa shape index (κ3) is 3.28. The molecule has 0 saturated carbocycles. The second-order valence-corrected chi connectivity index (χ2v) is 6.09. The molecule has 21 heavy (non-hydrogen) atoms. The summed E-state index contributed by atoms with van der Waals surface area (Å²) in [5, 5.41) is 4.13. The zero-order chi connectivity index (χ0) is 14.8. The summed E-state index contributed by atoms with van der Waals surface area (Å²) in [4.78, 5) is 6.83. The number of hydrogen-bond acceptors (Lipinski definition) is 4. The van der Waals surface area contributed by atoms with E-state index in [0.717, 1.165) is 36.8 Å². The summed E-state index contributed by atoms with van der Waals surface area (Å²) < 4.78 is 5.89. The zero-order valence-corrected chi connectivity index (χ0v) is 13.1. The topological polar surface area (TPSA) is 41.3 Å². The van der Waals surface area contributed by atoms with Crippen LogP contribution in [0.3, 0.4) is 0 Å². The van der Waals surface area contributed by atoms with Gasteiger partial charge >= 0.3 is 0 Å². The van der Waals surface area contributed by atoms with Gasteiger partial charge in [0.1, 0.15) is 0 Å². The summed E-state index contributed by atoms with van der Waals surface area (Å²) in [7, 11) is 0. The van der Waals surface area contributed by atoms with Crippen LogP contribution in [-0.4, -0.2) is 35.1 Å². The lowest BCUT2D eigenvalue weighted by Gasteiger charge is -2.38. The number of halogens is 1. The number of oxazole rings is 1. The molecule has 112 valence electrons. The first-order valence-corrected chi connectivity index (χ1v) is 7.68. The van der Waals surface area contributed by atoms with Crippen molar-refractivity contribution < 1.29 is 4.42 Å². The predicted molar refractivity (Wildman–Crippen MR) is 84.3 cm³/mol. The van der Waals surface area contributed by atoms with Gasteiger partial charge < -0.3 is 9.73 Å². The van der Waals surface area contributed by atoms with Gasteiger partial charge in [-0.1, -0.05) is 23.7 Å². The Kier molecular flexibility index (Phi) is 4.29. The number of aromatic nitrogens is 1. The van der Waals surface area contributed by atoms with Gasteiger partial charge in [0.05, 0.1) is 12.7 Å². The van der Waals surface area contributed by atoms with E-state index in [1.807, 2.05) is 24.3 Å². The van der Waals surface area contributed by atoms with E-state index in [4.69, 9.17) is 16.0 Å². The van der Waals surface area contributed by atoms with Gasteiger partial charge in [-0.2, -0.15) is 0 Å². The molecule has 0 bridgehead atoms. The third-order valence-corrected chi connectivity index (χ3v) is 4.23. The van der Waals surface area contributed by atoms with Crippen molar-refractivity contribution in [2.75, 3.05) is 13.1 Å². The molecule has 1 aromatic carbocycles. The molecule has 0 spiro atoms. The largest absolute Gasteiger partial charge is 0.439 e. The highest BCUT2D eigenvalue weighted by atomic mass is 35.5. The first kappa shape index (κ1) is 14.6. The van der Waals surface area contributed by atoms with Crippen LogP contribution in [0.2, 0.25) is 5.02 Å². The second-order valence-electron chi connectivity index (χ2n) is 5.66. The molecule has 0 aliphatic carbocycles. The Hall–Kier alpha value is -1.36. The van der Waals surface area contributed by atoms with Crippen molar-refractivity contribution in [2.45, 2.75) is 32.5 Å². The molecule has 1 aliphatic rings. The number of nitrogens with zero attached hydrogens (tertiary/aromatic N) is 2. The van der Waals surface area contributed by atoms with Gasteiger partial charge in [0.2, 0.25) is 5.89 Å². The van der Waals surface area contributed by atoms with E-state index >= 15 is 0 Å². The fraction of sp³-hybridized carbons (Fsp3) is 0.438. The van der Waals surface area contributed by atoms with E-state index in [-0.39, 0.29) is 0 Å². The number of hydrogen-bond donors (Lipinski definition) is 1. The Balaban J connectivity index is 1.76. The smallest absolute Gasteiger partial charge is 0.209 e. The van der Waals surface area contributed by atoms with Crippen LogP contribution < -0.4 is 5.32 Å². The van der Waals surface area contributed by atoms with Crippen LogP contribution in [0.15, 0.2) is 34.9 Å². The summed E-state index contributed by atoms with van der Waals surface area (Å²) in [6, 6.07) is 8.60. The maximum Gasteiger partial charge on any atom is 0.209 e. The molecule has 2 aromatic rings. The molecular formula is C16H20ClN3O. The first-order valence-electron chi connectivity index (χ1n) is 7.30. The molecule has 1 saturated heterocycles. The summed E-state index contributed by atoms with van der Waals surface area (Å²) in [5.74, 6) is 1.52. The van der Waals surface area contributed by atoms with Crippen molar-refractivity contribution in [3.8, 4) is 11.3 Å². The number of benzene rings is 1. The van der Waals surface area contributed by atoms with Crippen molar-refractivity contribution in [2.24, 2.45) is 0 Å². The van der Waals surface area contributed by atoms with E-state index in [2.05, 4.69) is 29.0 Å². The average Bonchev–Trinajstić information content (AvgIpc) is 2.92. The predicted octanol–water partition coefficient (Wildman–Crippen LogP) is 3.18. The van der Waals surface area contributed by atoms with Gasteiger partial charge in [-0.25, -0.2) is 4.98 Å². The first-order chi connectivity index (χ1) is 10.1. The molecule has 5 heteroatoms. The van der Waals surface area contributed by atoms with Crippen molar-refractivity contribution in [3.63, 3.8) is 0 Å². The Labute approximate surface area is 130 Å². The normalized spacial score (nSPS) is 23.4. The van der Waals surface area contributed by atoms with Gasteiger partial charge in [-0.3, -0.25) is 4.90 Å². The Morgan fingerprint density at radius 2 is 2.10 bits per heavy atom. The molecule has 2 unspecified atom stereocenters. The zero-order valence-electron chi connectivity index (χ0n) is 12.3. The molecule has 4 nitrogen and oxygen atoms in total. The molecule has 2 atom stereocenters. The van der Waals surface area contributed by atoms with Gasteiger partial charge in [0.15, 0.2) is 5.76 Å². The van der Waals surface area contributed by atoms with Crippen molar-refractivity contribution in [3.05, 3.63) is 41.4 Å². The van der Waals surface area contributed by atoms with E-state index in [1.54, 1.807) is 6.20 Å². The fourth-order valence-corrected chi connectivity index (χ4v) is 2.99. The van der Waals surface area contributed by atoms with E-state index in [9.17, 15) is 0 Å². The number of piperazine rings is 1. The van der Waals surface area contributed by atoms with Gasteiger partial charge in [0, 0.05) is 35.8 Å². The van der Waals surface area contributed by atoms with E-state index in [1.165, 1.54) is 0 Å². The molecule has 0 amide bonds. The minimum Gasteiger partial charge on any atom is -0.439 e. The molecule has 2 heterocycles. The second kappa shape index (κ2) is 6.18. The Bertz CT molecular complexity index is 603. The van der Waals surface area contributed by atoms with Gasteiger partial charge in [0.25, 0.3) is 0 Å². The van der Waals surface area contributed by atoms with Crippen molar-refractivity contribution in [1.29, 1.82) is 0 Å². The van der Waals surface area contributed by atoms with Gasteiger partial charge in [-0.05, 0) is 26.0 Å². The Morgan fingerprint density at radius 3 is 2.81 bits per heavy atom. The van der Waals surface area contributed by atoms with Crippen LogP contribution >= 0.6 is 11.6 Å². The van der Waals surface area contributed by atoms with Gasteiger partial charge in [-0.15, -0.1) is 0 Å². The number of rotatable bonds is 3. The lowest BCUT2D eigenvalue weighted by molar-refractivity contribution is 0.0980. The summed E-state index contributed by atoms with van der Waals surface area (Å²) >= 11 is 6.02. The molecule has 1 fully saturated rings. The van der Waals surface area contributed by atoms with Crippen LogP contribution in [0.5, 0.6) is 0 Å². The standard InChI is InChI=1S/C16H20ClN3O/c1-11-7-18-8-12(2)20(11)10-16-19-9-15(21-16)13-4-3-5-14(17)6-13/h3-6,9,11-12,18H,7-8,10H2,1-2H3. The van der Waals surface area contributed by atoms with Crippen molar-refractivity contribution in [1.82, 2.24) is 15.2 Å². The lowest BCUT2D eigenvalue weighted by atomic mass is 10.1. The molecule has 1 aromatic heterocycles. The minimum absolute atomic E-state index is 0.482. The maximum atomic E-state index is 6.02. The Morgan fingerprint density at radius 1 is 1.33 bits per heavy atom. The lowest BCUT2D eigenvalue weighted by Crippen LogP contribution is -2.54. The minimum atomic E-state index is 0.482. The van der Waals surface area contributed by atoms with Crippen molar-refractivity contribution >= 4 is 11.6 Å². The quantitative estimate of drug-likeness (QED) is 0.945. The molecule has 0 radical (unpaired) electrons. The number of nitrogens with one attached hydrogen (secondary N) is 1. The maximum absolute atomic E-state index is 6.02. The summed E-state index contributed by atoms with van der Waals surface area (Å²) in [5.41, 5.74) is 0.961. The van der Waals surface area contributed by atoms with Crippen LogP contribution in [0, 0.1) is 0 Å². The average molecular weight is 306 g/mol. The highest BCUT2D eigenvalue weighted by Gasteiger charge is 2.25.